The normalized spacial score (nSPS) is 19.9. The molecule has 0 unspecified atom stereocenters. The first-order valence-electron chi connectivity index (χ1n) is 12.6. The number of nitrogens with zero attached hydrogens (tertiary/aromatic N) is 4. The third kappa shape index (κ3) is 5.64. The summed E-state index contributed by atoms with van der Waals surface area (Å²) in [6, 6.07) is 8.30. The van der Waals surface area contributed by atoms with Crippen molar-refractivity contribution in [2.75, 3.05) is 32.7 Å². The van der Waals surface area contributed by atoms with E-state index in [-0.39, 0.29) is 5.91 Å². The molecule has 2 aromatic heterocycles. The summed E-state index contributed by atoms with van der Waals surface area (Å²) in [6.07, 6.45) is 10.9. The van der Waals surface area contributed by atoms with Crippen LogP contribution in [0.25, 0.3) is 10.9 Å². The van der Waals surface area contributed by atoms with Gasteiger partial charge in [-0.2, -0.15) is 0 Å². The van der Waals surface area contributed by atoms with Gasteiger partial charge in [-0.1, -0.05) is 24.6 Å². The Balaban J connectivity index is 1.08. The number of benzene rings is 1. The number of likely N-dealkylation sites (tertiary alicyclic amines) is 2. The van der Waals surface area contributed by atoms with Gasteiger partial charge in [0.2, 0.25) is 17.7 Å². The standard InChI is InChI=1S/C26H35N5O2/c32-26(31-16-6-7-20(19-31)18-30-14-4-1-5-15-30)13-12-25-29-28-24(33-25)11-10-21-17-27-23-9-3-2-8-22(21)23/h2-3,8-9,17,20,27H,1,4-7,10-16,18-19H2/t20-/m0/s1. The summed E-state index contributed by atoms with van der Waals surface area (Å²) >= 11 is 0. The molecule has 2 saturated heterocycles. The minimum absolute atomic E-state index is 0.219. The maximum atomic E-state index is 12.8. The van der Waals surface area contributed by atoms with E-state index in [0.29, 0.717) is 37.0 Å². The number of piperidine rings is 2. The van der Waals surface area contributed by atoms with Gasteiger partial charge in [0.1, 0.15) is 0 Å². The van der Waals surface area contributed by atoms with Crippen LogP contribution in [0.5, 0.6) is 0 Å². The van der Waals surface area contributed by atoms with Gasteiger partial charge in [-0.05, 0) is 62.7 Å². The number of aromatic amines is 1. The molecule has 5 rings (SSSR count). The van der Waals surface area contributed by atoms with E-state index in [2.05, 4.69) is 49.4 Å². The van der Waals surface area contributed by atoms with Crippen molar-refractivity contribution < 1.29 is 9.21 Å². The molecular formula is C26H35N5O2. The molecule has 2 fully saturated rings. The topological polar surface area (TPSA) is 78.3 Å². The van der Waals surface area contributed by atoms with Gasteiger partial charge in [0.25, 0.3) is 0 Å². The lowest BCUT2D eigenvalue weighted by Crippen LogP contribution is -2.44. The average molecular weight is 450 g/mol. The molecule has 0 radical (unpaired) electrons. The highest BCUT2D eigenvalue weighted by atomic mass is 16.4. The van der Waals surface area contributed by atoms with Gasteiger partial charge in [-0.15, -0.1) is 10.2 Å². The number of H-pyrrole nitrogens is 1. The first-order chi connectivity index (χ1) is 16.2. The Bertz CT molecular complexity index is 1050. The number of amides is 1. The number of hydrogen-bond donors (Lipinski definition) is 1. The van der Waals surface area contributed by atoms with Gasteiger partial charge >= 0.3 is 0 Å². The monoisotopic (exact) mass is 449 g/mol. The molecule has 2 aliphatic heterocycles. The van der Waals surface area contributed by atoms with Crippen molar-refractivity contribution in [3.05, 3.63) is 47.8 Å². The van der Waals surface area contributed by atoms with E-state index in [4.69, 9.17) is 4.42 Å². The van der Waals surface area contributed by atoms with E-state index in [1.165, 1.54) is 49.7 Å². The number of carbonyl (C=O) groups is 1. The van der Waals surface area contributed by atoms with Gasteiger partial charge in [0.05, 0.1) is 0 Å². The largest absolute Gasteiger partial charge is 0.425 e. The van der Waals surface area contributed by atoms with Crippen molar-refractivity contribution in [3.8, 4) is 0 Å². The highest BCUT2D eigenvalue weighted by Gasteiger charge is 2.26. The fraction of sp³-hybridized carbons (Fsp3) is 0.577. The number of nitrogens with one attached hydrogen (secondary N) is 1. The molecule has 0 aliphatic carbocycles. The molecule has 7 nitrogen and oxygen atoms in total. The fourth-order valence-electron chi connectivity index (χ4n) is 5.39. The summed E-state index contributed by atoms with van der Waals surface area (Å²) in [6.45, 7) is 5.38. The van der Waals surface area contributed by atoms with Gasteiger partial charge < -0.3 is 19.2 Å². The molecule has 1 amide bonds. The summed E-state index contributed by atoms with van der Waals surface area (Å²) in [5, 5.41) is 9.63. The van der Waals surface area contributed by atoms with Crippen molar-refractivity contribution >= 4 is 16.8 Å². The molecule has 2 aliphatic rings. The van der Waals surface area contributed by atoms with Crippen LogP contribution in [-0.4, -0.2) is 63.6 Å². The summed E-state index contributed by atoms with van der Waals surface area (Å²) in [7, 11) is 0. The Hall–Kier alpha value is -2.67. The van der Waals surface area contributed by atoms with Crippen LogP contribution in [0, 0.1) is 5.92 Å². The van der Waals surface area contributed by atoms with Crippen LogP contribution in [0.1, 0.15) is 55.9 Å². The molecule has 1 N–H and O–H groups in total. The molecular weight excluding hydrogens is 414 g/mol. The van der Waals surface area contributed by atoms with Crippen LogP contribution in [0.2, 0.25) is 0 Å². The quantitative estimate of drug-likeness (QED) is 0.563. The number of aromatic nitrogens is 3. The van der Waals surface area contributed by atoms with E-state index in [0.717, 1.165) is 38.0 Å². The zero-order valence-electron chi connectivity index (χ0n) is 19.5. The highest BCUT2D eigenvalue weighted by Crippen LogP contribution is 2.22. The molecule has 33 heavy (non-hydrogen) atoms. The minimum atomic E-state index is 0.219. The first kappa shape index (κ1) is 22.1. The maximum Gasteiger partial charge on any atom is 0.223 e. The molecule has 3 aromatic rings. The number of carbonyl (C=O) groups excluding carboxylic acids is 1. The lowest BCUT2D eigenvalue weighted by Gasteiger charge is -2.37. The Morgan fingerprint density at radius 1 is 1.00 bits per heavy atom. The fourth-order valence-corrected chi connectivity index (χ4v) is 5.39. The van der Waals surface area contributed by atoms with Crippen molar-refractivity contribution in [1.82, 2.24) is 25.0 Å². The first-order valence-corrected chi connectivity index (χ1v) is 12.6. The summed E-state index contributed by atoms with van der Waals surface area (Å²) in [5.41, 5.74) is 2.40. The highest BCUT2D eigenvalue weighted by molar-refractivity contribution is 5.83. The van der Waals surface area contributed by atoms with Crippen molar-refractivity contribution in [2.45, 2.75) is 57.8 Å². The van der Waals surface area contributed by atoms with E-state index in [1.54, 1.807) is 0 Å². The molecule has 0 bridgehead atoms. The third-order valence-corrected chi connectivity index (χ3v) is 7.18. The number of para-hydroxylation sites is 1. The molecule has 176 valence electrons. The average Bonchev–Trinajstić information content (AvgIpc) is 3.49. The van der Waals surface area contributed by atoms with Gasteiger partial charge in [-0.3, -0.25) is 4.79 Å². The second-order valence-corrected chi connectivity index (χ2v) is 9.66. The minimum Gasteiger partial charge on any atom is -0.425 e. The summed E-state index contributed by atoms with van der Waals surface area (Å²) in [4.78, 5) is 20.8. The number of fused-ring (bicyclic) bond motifs is 1. The smallest absolute Gasteiger partial charge is 0.223 e. The Morgan fingerprint density at radius 2 is 1.82 bits per heavy atom. The van der Waals surface area contributed by atoms with Crippen molar-refractivity contribution in [3.63, 3.8) is 0 Å². The molecule has 7 heteroatoms. The molecule has 1 atom stereocenters. The molecule has 1 aromatic carbocycles. The Labute approximate surface area is 195 Å². The molecule has 4 heterocycles. The van der Waals surface area contributed by atoms with Crippen molar-refractivity contribution in [2.24, 2.45) is 5.92 Å². The second kappa shape index (κ2) is 10.5. The zero-order chi connectivity index (χ0) is 22.5. The van der Waals surface area contributed by atoms with E-state index < -0.39 is 0 Å². The van der Waals surface area contributed by atoms with Gasteiger partial charge in [-0.25, -0.2) is 0 Å². The van der Waals surface area contributed by atoms with Crippen LogP contribution in [0.4, 0.5) is 0 Å². The lowest BCUT2D eigenvalue weighted by atomic mass is 9.96. The van der Waals surface area contributed by atoms with Crippen LogP contribution in [-0.2, 0) is 24.1 Å². The van der Waals surface area contributed by atoms with E-state index in [9.17, 15) is 4.79 Å². The predicted molar refractivity (Wildman–Crippen MR) is 128 cm³/mol. The number of rotatable bonds is 8. The van der Waals surface area contributed by atoms with E-state index >= 15 is 0 Å². The summed E-state index contributed by atoms with van der Waals surface area (Å²) in [5.74, 6) is 2.04. The second-order valence-electron chi connectivity index (χ2n) is 9.66. The third-order valence-electron chi connectivity index (χ3n) is 7.18. The molecule has 0 spiro atoms. The van der Waals surface area contributed by atoms with Crippen LogP contribution in [0.15, 0.2) is 34.9 Å². The number of hydrogen-bond acceptors (Lipinski definition) is 5. The van der Waals surface area contributed by atoms with E-state index in [1.807, 2.05) is 6.07 Å². The van der Waals surface area contributed by atoms with Crippen LogP contribution >= 0.6 is 0 Å². The molecule has 0 saturated carbocycles. The van der Waals surface area contributed by atoms with Gasteiger partial charge in [0.15, 0.2) is 0 Å². The SMILES string of the molecule is O=C(CCc1nnc(CCc2c[nH]c3ccccc23)o1)N1CCC[C@@H](CN2CCCCC2)C1. The summed E-state index contributed by atoms with van der Waals surface area (Å²) < 4.78 is 5.84. The Kier molecular flexibility index (Phi) is 7.05. The Morgan fingerprint density at radius 3 is 2.70 bits per heavy atom. The van der Waals surface area contributed by atoms with Crippen LogP contribution < -0.4 is 0 Å². The maximum absolute atomic E-state index is 12.8. The lowest BCUT2D eigenvalue weighted by molar-refractivity contribution is -0.133. The predicted octanol–water partition coefficient (Wildman–Crippen LogP) is 3.99. The number of aryl methyl sites for hydroxylation is 3. The van der Waals surface area contributed by atoms with Crippen LogP contribution in [0.3, 0.4) is 0 Å². The van der Waals surface area contributed by atoms with Crippen molar-refractivity contribution in [1.29, 1.82) is 0 Å². The van der Waals surface area contributed by atoms with Gasteiger partial charge in [0, 0.05) is 56.0 Å². The zero-order valence-corrected chi connectivity index (χ0v) is 19.5.